The van der Waals surface area contributed by atoms with Gasteiger partial charge in [-0.25, -0.2) is 0 Å². The summed E-state index contributed by atoms with van der Waals surface area (Å²) in [6.45, 7) is 6.32. The number of carbonyl (C=O) groups excluding carboxylic acids is 1. The van der Waals surface area contributed by atoms with Crippen LogP contribution in [-0.4, -0.2) is 43.7 Å². The maximum absolute atomic E-state index is 12.7. The van der Waals surface area contributed by atoms with Crippen molar-refractivity contribution in [1.29, 1.82) is 0 Å². The highest BCUT2D eigenvalue weighted by molar-refractivity contribution is 5.91. The number of aryl methyl sites for hydroxylation is 4. The van der Waals surface area contributed by atoms with Crippen molar-refractivity contribution in [3.05, 3.63) is 47.1 Å². The SMILES string of the molecule is Cc1cc(C(=O)N2CCC[C@@H]2CCc2cnc(-c3c(C)noc3C)cn2)on1. The smallest absolute Gasteiger partial charge is 0.292 e. The third kappa shape index (κ3) is 3.54. The Bertz CT molecular complexity index is 957. The van der Waals surface area contributed by atoms with Gasteiger partial charge in [0.25, 0.3) is 5.91 Å². The Morgan fingerprint density at radius 2 is 2.04 bits per heavy atom. The lowest BCUT2D eigenvalue weighted by molar-refractivity contribution is 0.0688. The van der Waals surface area contributed by atoms with Crippen LogP contribution in [-0.2, 0) is 6.42 Å². The van der Waals surface area contributed by atoms with E-state index in [0.29, 0.717) is 11.5 Å². The summed E-state index contributed by atoms with van der Waals surface area (Å²) in [5.41, 5.74) is 4.09. The summed E-state index contributed by atoms with van der Waals surface area (Å²) >= 11 is 0. The minimum Gasteiger partial charge on any atom is -0.361 e. The van der Waals surface area contributed by atoms with Gasteiger partial charge < -0.3 is 13.9 Å². The first-order valence-corrected chi connectivity index (χ1v) is 9.51. The molecule has 0 bridgehead atoms. The molecule has 1 fully saturated rings. The molecule has 0 N–H and O–H groups in total. The summed E-state index contributed by atoms with van der Waals surface area (Å²) in [6.07, 6.45) is 7.15. The van der Waals surface area contributed by atoms with E-state index >= 15 is 0 Å². The largest absolute Gasteiger partial charge is 0.361 e. The zero-order valence-corrected chi connectivity index (χ0v) is 16.3. The Morgan fingerprint density at radius 3 is 2.68 bits per heavy atom. The van der Waals surface area contributed by atoms with Crippen LogP contribution in [0.25, 0.3) is 11.3 Å². The van der Waals surface area contributed by atoms with E-state index in [4.69, 9.17) is 9.05 Å². The molecule has 8 nitrogen and oxygen atoms in total. The lowest BCUT2D eigenvalue weighted by Gasteiger charge is -2.23. The summed E-state index contributed by atoms with van der Waals surface area (Å²) in [7, 11) is 0. The van der Waals surface area contributed by atoms with E-state index in [1.165, 1.54) is 0 Å². The second-order valence-corrected chi connectivity index (χ2v) is 7.26. The Kier molecular flexibility index (Phi) is 4.93. The molecule has 4 rings (SSSR count). The van der Waals surface area contributed by atoms with Gasteiger partial charge in [-0.2, -0.15) is 0 Å². The maximum atomic E-state index is 12.7. The highest BCUT2D eigenvalue weighted by Gasteiger charge is 2.31. The predicted molar refractivity (Wildman–Crippen MR) is 101 cm³/mol. The van der Waals surface area contributed by atoms with Gasteiger partial charge >= 0.3 is 0 Å². The molecule has 4 heterocycles. The van der Waals surface area contributed by atoms with Crippen LogP contribution in [0.3, 0.4) is 0 Å². The molecule has 1 amide bonds. The highest BCUT2D eigenvalue weighted by atomic mass is 16.5. The maximum Gasteiger partial charge on any atom is 0.292 e. The average molecular weight is 381 g/mol. The van der Waals surface area contributed by atoms with E-state index in [-0.39, 0.29) is 11.9 Å². The van der Waals surface area contributed by atoms with E-state index in [0.717, 1.165) is 60.6 Å². The quantitative estimate of drug-likeness (QED) is 0.669. The second kappa shape index (κ2) is 7.53. The van der Waals surface area contributed by atoms with Crippen molar-refractivity contribution in [3.8, 4) is 11.3 Å². The van der Waals surface area contributed by atoms with Crippen LogP contribution in [0, 0.1) is 20.8 Å². The van der Waals surface area contributed by atoms with Gasteiger partial charge in [0.15, 0.2) is 0 Å². The molecule has 1 atom stereocenters. The fourth-order valence-electron chi connectivity index (χ4n) is 3.79. The normalized spacial score (nSPS) is 16.7. The molecular weight excluding hydrogens is 358 g/mol. The first kappa shape index (κ1) is 18.3. The van der Waals surface area contributed by atoms with Crippen LogP contribution >= 0.6 is 0 Å². The molecule has 0 aliphatic carbocycles. The molecule has 28 heavy (non-hydrogen) atoms. The molecule has 0 unspecified atom stereocenters. The Labute approximate surface area is 162 Å². The van der Waals surface area contributed by atoms with Crippen molar-refractivity contribution < 1.29 is 13.8 Å². The van der Waals surface area contributed by atoms with Crippen LogP contribution in [0.2, 0.25) is 0 Å². The number of aromatic nitrogens is 4. The number of hydrogen-bond donors (Lipinski definition) is 0. The minimum absolute atomic E-state index is 0.0806. The number of carbonyl (C=O) groups is 1. The number of nitrogens with zero attached hydrogens (tertiary/aromatic N) is 5. The van der Waals surface area contributed by atoms with E-state index in [1.54, 1.807) is 18.5 Å². The van der Waals surface area contributed by atoms with Gasteiger partial charge in [0.05, 0.1) is 34.5 Å². The van der Waals surface area contributed by atoms with Gasteiger partial charge in [-0.05, 0) is 46.5 Å². The molecule has 0 aromatic carbocycles. The van der Waals surface area contributed by atoms with Crippen LogP contribution in [0.15, 0.2) is 27.5 Å². The molecule has 146 valence electrons. The van der Waals surface area contributed by atoms with Gasteiger partial charge in [0.2, 0.25) is 5.76 Å². The van der Waals surface area contributed by atoms with E-state index in [9.17, 15) is 4.79 Å². The van der Waals surface area contributed by atoms with Crippen LogP contribution < -0.4 is 0 Å². The summed E-state index contributed by atoms with van der Waals surface area (Å²) in [5.74, 6) is 0.971. The molecule has 1 aliphatic rings. The zero-order valence-electron chi connectivity index (χ0n) is 16.3. The lowest BCUT2D eigenvalue weighted by atomic mass is 10.1. The Hall–Kier alpha value is -3.03. The van der Waals surface area contributed by atoms with Crippen LogP contribution in [0.1, 0.15) is 52.7 Å². The summed E-state index contributed by atoms with van der Waals surface area (Å²) in [4.78, 5) is 23.6. The Morgan fingerprint density at radius 1 is 1.18 bits per heavy atom. The molecule has 1 saturated heterocycles. The molecule has 3 aromatic rings. The van der Waals surface area contributed by atoms with Gasteiger partial charge in [0.1, 0.15) is 5.76 Å². The van der Waals surface area contributed by atoms with E-state index in [2.05, 4.69) is 20.3 Å². The topological polar surface area (TPSA) is 98.2 Å². The van der Waals surface area contributed by atoms with Crippen molar-refractivity contribution in [1.82, 2.24) is 25.2 Å². The standard InChI is InChI=1S/C20H23N5O3/c1-12-9-18(28-23-12)20(26)25-8-4-5-16(25)7-6-15-10-22-17(11-21-15)19-13(2)24-27-14(19)3/h9-11,16H,4-8H2,1-3H3/t16-/m1/s1. The predicted octanol–water partition coefficient (Wildman–Crippen LogP) is 3.28. The van der Waals surface area contributed by atoms with Crippen molar-refractivity contribution in [3.63, 3.8) is 0 Å². The van der Waals surface area contributed by atoms with Crippen LogP contribution in [0.4, 0.5) is 0 Å². The third-order valence-corrected chi connectivity index (χ3v) is 5.21. The zero-order chi connectivity index (χ0) is 19.7. The van der Waals surface area contributed by atoms with E-state index in [1.807, 2.05) is 25.7 Å². The molecule has 3 aromatic heterocycles. The molecule has 0 spiro atoms. The molecular formula is C20H23N5O3. The van der Waals surface area contributed by atoms with Crippen LogP contribution in [0.5, 0.6) is 0 Å². The summed E-state index contributed by atoms with van der Waals surface area (Å²) in [5, 5.41) is 7.78. The fraction of sp³-hybridized carbons (Fsp3) is 0.450. The summed E-state index contributed by atoms with van der Waals surface area (Å²) in [6, 6.07) is 1.87. The second-order valence-electron chi connectivity index (χ2n) is 7.26. The van der Waals surface area contributed by atoms with E-state index < -0.39 is 0 Å². The fourth-order valence-corrected chi connectivity index (χ4v) is 3.79. The molecule has 0 radical (unpaired) electrons. The van der Waals surface area contributed by atoms with Gasteiger partial charge in [0, 0.05) is 24.8 Å². The number of likely N-dealkylation sites (tertiary alicyclic amines) is 1. The van der Waals surface area contributed by atoms with Crippen molar-refractivity contribution >= 4 is 5.91 Å². The Balaban J connectivity index is 1.40. The van der Waals surface area contributed by atoms with Gasteiger partial charge in [-0.3, -0.25) is 14.8 Å². The molecule has 8 heteroatoms. The monoisotopic (exact) mass is 381 g/mol. The van der Waals surface area contributed by atoms with Crippen molar-refractivity contribution in [2.45, 2.75) is 52.5 Å². The third-order valence-electron chi connectivity index (χ3n) is 5.21. The van der Waals surface area contributed by atoms with Crippen molar-refractivity contribution in [2.75, 3.05) is 6.54 Å². The highest BCUT2D eigenvalue weighted by Crippen LogP contribution is 2.26. The number of amides is 1. The first-order valence-electron chi connectivity index (χ1n) is 9.51. The number of rotatable bonds is 5. The van der Waals surface area contributed by atoms with Gasteiger partial charge in [-0.1, -0.05) is 10.3 Å². The molecule has 0 saturated carbocycles. The average Bonchev–Trinajstić information content (AvgIpc) is 3.41. The van der Waals surface area contributed by atoms with Crippen molar-refractivity contribution in [2.24, 2.45) is 0 Å². The first-order chi connectivity index (χ1) is 13.5. The molecule has 1 aliphatic heterocycles. The minimum atomic E-state index is -0.0806. The lowest BCUT2D eigenvalue weighted by Crippen LogP contribution is -2.35. The van der Waals surface area contributed by atoms with Gasteiger partial charge in [-0.15, -0.1) is 0 Å². The number of hydrogen-bond acceptors (Lipinski definition) is 7. The summed E-state index contributed by atoms with van der Waals surface area (Å²) < 4.78 is 10.3.